The van der Waals surface area contributed by atoms with Gasteiger partial charge in [-0.15, -0.1) is 0 Å². The summed E-state index contributed by atoms with van der Waals surface area (Å²) in [5, 5.41) is 13.2. The summed E-state index contributed by atoms with van der Waals surface area (Å²) in [5.41, 5.74) is 1.61. The predicted octanol–water partition coefficient (Wildman–Crippen LogP) is 4.38. The van der Waals surface area contributed by atoms with E-state index in [1.54, 1.807) is 12.1 Å². The van der Waals surface area contributed by atoms with Gasteiger partial charge in [0.05, 0.1) is 0 Å². The minimum atomic E-state index is 0.282. The first-order chi connectivity index (χ1) is 9.92. The average molecular weight is 289 g/mol. The van der Waals surface area contributed by atoms with Crippen molar-refractivity contribution < 1.29 is 5.11 Å². The van der Waals surface area contributed by atoms with E-state index in [-0.39, 0.29) is 5.41 Å². The molecule has 21 heavy (non-hydrogen) atoms. The maximum absolute atomic E-state index is 9.43. The molecular weight excluding hydrogens is 258 g/mol. The normalized spacial score (nSPS) is 26.8. The van der Waals surface area contributed by atoms with E-state index in [9.17, 15) is 5.11 Å². The van der Waals surface area contributed by atoms with Gasteiger partial charge >= 0.3 is 0 Å². The minimum Gasteiger partial charge on any atom is -0.508 e. The molecule has 0 aliphatic heterocycles. The van der Waals surface area contributed by atoms with Crippen molar-refractivity contribution in [2.45, 2.75) is 59.4 Å². The van der Waals surface area contributed by atoms with Gasteiger partial charge in [0.15, 0.2) is 0 Å². The lowest BCUT2D eigenvalue weighted by atomic mass is 9.64. The fraction of sp³-hybridized carbons (Fsp3) is 0.684. The molecule has 2 heteroatoms. The highest BCUT2D eigenvalue weighted by Crippen LogP contribution is 2.42. The molecule has 3 unspecified atom stereocenters. The third-order valence-corrected chi connectivity index (χ3v) is 5.18. The van der Waals surface area contributed by atoms with E-state index in [0.717, 1.165) is 24.8 Å². The molecule has 0 radical (unpaired) electrons. The van der Waals surface area contributed by atoms with Crippen LogP contribution in [-0.4, -0.2) is 17.7 Å². The molecule has 0 aromatic heterocycles. The van der Waals surface area contributed by atoms with Crippen LogP contribution in [0.5, 0.6) is 5.75 Å². The van der Waals surface area contributed by atoms with Crippen molar-refractivity contribution in [1.29, 1.82) is 0 Å². The minimum absolute atomic E-state index is 0.282. The quantitative estimate of drug-likeness (QED) is 0.843. The average Bonchev–Trinajstić information content (AvgIpc) is 2.41. The van der Waals surface area contributed by atoms with Gasteiger partial charge in [0, 0.05) is 6.04 Å². The fourth-order valence-electron chi connectivity index (χ4n) is 4.08. The molecule has 2 rings (SSSR count). The molecular formula is C19H31NO. The van der Waals surface area contributed by atoms with Gasteiger partial charge in [0.1, 0.15) is 5.75 Å². The third-order valence-electron chi connectivity index (χ3n) is 5.18. The molecule has 1 aliphatic rings. The molecule has 0 spiro atoms. The lowest BCUT2D eigenvalue weighted by molar-refractivity contribution is 0.0949. The summed E-state index contributed by atoms with van der Waals surface area (Å²) in [6, 6.07) is 8.37. The van der Waals surface area contributed by atoms with Gasteiger partial charge in [-0.2, -0.15) is 0 Å². The molecule has 2 nitrogen and oxygen atoms in total. The zero-order valence-electron chi connectivity index (χ0n) is 14.0. The van der Waals surface area contributed by atoms with Gasteiger partial charge in [0.2, 0.25) is 0 Å². The van der Waals surface area contributed by atoms with E-state index in [0.29, 0.717) is 11.8 Å². The topological polar surface area (TPSA) is 32.3 Å². The van der Waals surface area contributed by atoms with Crippen LogP contribution in [0.1, 0.15) is 52.5 Å². The second-order valence-corrected chi connectivity index (χ2v) is 7.52. The number of benzene rings is 1. The maximum Gasteiger partial charge on any atom is 0.115 e. The molecule has 0 heterocycles. The Hall–Kier alpha value is -1.02. The maximum atomic E-state index is 9.43. The molecule has 118 valence electrons. The highest BCUT2D eigenvalue weighted by atomic mass is 16.3. The SMILES string of the molecule is CCNC1CC(C)CCC1C(C)(C)Cc1ccc(O)cc1. The third kappa shape index (κ3) is 4.23. The molecule has 1 aliphatic carbocycles. The Morgan fingerprint density at radius 1 is 1.19 bits per heavy atom. The summed E-state index contributed by atoms with van der Waals surface area (Å²) in [4.78, 5) is 0. The van der Waals surface area contributed by atoms with Crippen LogP contribution in [0.3, 0.4) is 0 Å². The lowest BCUT2D eigenvalue weighted by Crippen LogP contribution is -2.47. The first kappa shape index (κ1) is 16.4. The molecule has 1 saturated carbocycles. The molecule has 2 N–H and O–H groups in total. The van der Waals surface area contributed by atoms with Crippen LogP contribution in [0.2, 0.25) is 0 Å². The molecule has 3 atom stereocenters. The summed E-state index contributed by atoms with van der Waals surface area (Å²) in [7, 11) is 0. The number of aromatic hydroxyl groups is 1. The zero-order chi connectivity index (χ0) is 15.5. The Balaban J connectivity index is 2.10. The molecule has 0 saturated heterocycles. The zero-order valence-corrected chi connectivity index (χ0v) is 14.0. The van der Waals surface area contributed by atoms with Gasteiger partial charge in [-0.05, 0) is 60.8 Å². The number of rotatable bonds is 5. The van der Waals surface area contributed by atoms with Crippen LogP contribution < -0.4 is 5.32 Å². The van der Waals surface area contributed by atoms with E-state index in [1.807, 2.05) is 0 Å². The van der Waals surface area contributed by atoms with Crippen molar-refractivity contribution >= 4 is 0 Å². The Morgan fingerprint density at radius 3 is 2.48 bits per heavy atom. The van der Waals surface area contributed by atoms with E-state index < -0.39 is 0 Å². The molecule has 1 aromatic rings. The first-order valence-corrected chi connectivity index (χ1v) is 8.43. The van der Waals surface area contributed by atoms with Crippen LogP contribution in [0.4, 0.5) is 0 Å². The first-order valence-electron chi connectivity index (χ1n) is 8.43. The van der Waals surface area contributed by atoms with Crippen molar-refractivity contribution in [2.75, 3.05) is 6.54 Å². The number of hydrogen-bond donors (Lipinski definition) is 2. The fourth-order valence-corrected chi connectivity index (χ4v) is 4.08. The van der Waals surface area contributed by atoms with Crippen molar-refractivity contribution in [3.63, 3.8) is 0 Å². The summed E-state index contributed by atoms with van der Waals surface area (Å²) in [6.45, 7) is 10.5. The van der Waals surface area contributed by atoms with Crippen LogP contribution in [0.25, 0.3) is 0 Å². The second-order valence-electron chi connectivity index (χ2n) is 7.52. The van der Waals surface area contributed by atoms with Gasteiger partial charge in [-0.1, -0.05) is 46.2 Å². The Morgan fingerprint density at radius 2 is 1.86 bits per heavy atom. The van der Waals surface area contributed by atoms with Crippen molar-refractivity contribution in [1.82, 2.24) is 5.32 Å². The standard InChI is InChI=1S/C19H31NO/c1-5-20-18-12-14(2)6-11-17(18)19(3,4)13-15-7-9-16(21)10-8-15/h7-10,14,17-18,20-21H,5-6,11-13H2,1-4H3. The van der Waals surface area contributed by atoms with Crippen molar-refractivity contribution in [2.24, 2.45) is 17.3 Å². The summed E-state index contributed by atoms with van der Waals surface area (Å²) in [5.74, 6) is 1.92. The summed E-state index contributed by atoms with van der Waals surface area (Å²) >= 11 is 0. The van der Waals surface area contributed by atoms with Crippen molar-refractivity contribution in [3.8, 4) is 5.75 Å². The Kier molecular flexibility index (Phi) is 5.32. The Labute approximate surface area is 130 Å². The highest BCUT2D eigenvalue weighted by Gasteiger charge is 2.38. The molecule has 0 bridgehead atoms. The number of hydrogen-bond acceptors (Lipinski definition) is 2. The summed E-state index contributed by atoms with van der Waals surface area (Å²) in [6.07, 6.45) is 5.06. The van der Waals surface area contributed by atoms with Crippen LogP contribution >= 0.6 is 0 Å². The van der Waals surface area contributed by atoms with E-state index in [1.165, 1.54) is 24.8 Å². The van der Waals surface area contributed by atoms with E-state index >= 15 is 0 Å². The van der Waals surface area contributed by atoms with Gasteiger partial charge in [-0.25, -0.2) is 0 Å². The van der Waals surface area contributed by atoms with Crippen LogP contribution in [-0.2, 0) is 6.42 Å². The number of nitrogens with one attached hydrogen (secondary N) is 1. The largest absolute Gasteiger partial charge is 0.508 e. The van der Waals surface area contributed by atoms with Crippen molar-refractivity contribution in [3.05, 3.63) is 29.8 Å². The van der Waals surface area contributed by atoms with Gasteiger partial charge in [-0.3, -0.25) is 0 Å². The van der Waals surface area contributed by atoms with Crippen LogP contribution in [0.15, 0.2) is 24.3 Å². The molecule has 1 fully saturated rings. The summed E-state index contributed by atoms with van der Waals surface area (Å²) < 4.78 is 0. The van der Waals surface area contributed by atoms with Gasteiger partial charge in [0.25, 0.3) is 0 Å². The second kappa shape index (κ2) is 6.83. The van der Waals surface area contributed by atoms with E-state index in [4.69, 9.17) is 0 Å². The number of phenols is 1. The van der Waals surface area contributed by atoms with Gasteiger partial charge < -0.3 is 10.4 Å². The Bertz CT molecular complexity index is 437. The molecule has 1 aromatic carbocycles. The lowest BCUT2D eigenvalue weighted by Gasteiger charge is -2.45. The predicted molar refractivity (Wildman–Crippen MR) is 89.6 cm³/mol. The monoisotopic (exact) mass is 289 g/mol. The van der Waals surface area contributed by atoms with E-state index in [2.05, 4.69) is 45.1 Å². The highest BCUT2D eigenvalue weighted by molar-refractivity contribution is 5.26. The number of phenolic OH excluding ortho intramolecular Hbond substituents is 1. The van der Waals surface area contributed by atoms with Crippen LogP contribution in [0, 0.1) is 17.3 Å². The smallest absolute Gasteiger partial charge is 0.115 e. The molecule has 0 amide bonds.